The van der Waals surface area contributed by atoms with E-state index >= 15 is 0 Å². The van der Waals surface area contributed by atoms with Crippen LogP contribution in [0.3, 0.4) is 0 Å². The summed E-state index contributed by atoms with van der Waals surface area (Å²) in [4.78, 5) is 0. The Balaban J connectivity index is 2.55. The minimum atomic E-state index is 0.849. The van der Waals surface area contributed by atoms with E-state index in [-0.39, 0.29) is 0 Å². The summed E-state index contributed by atoms with van der Waals surface area (Å²) in [6.45, 7) is 19.6. The van der Waals surface area contributed by atoms with E-state index in [0.29, 0.717) is 0 Å². The molecule has 0 nitrogen and oxygen atoms in total. The Hall–Kier alpha value is 0. The first-order valence-corrected chi connectivity index (χ1v) is 12.8. The van der Waals surface area contributed by atoms with Crippen LogP contribution < -0.4 is 0 Å². The summed E-state index contributed by atoms with van der Waals surface area (Å²) in [5, 5.41) is 0. The monoisotopic (exact) mass is 378 g/mol. The van der Waals surface area contributed by atoms with Gasteiger partial charge < -0.3 is 0 Å². The molecule has 0 aromatic carbocycles. The third kappa shape index (κ3) is 9.85. The quantitative estimate of drug-likeness (QED) is 0.299. The molecule has 0 heteroatoms. The molecule has 6 unspecified atom stereocenters. The van der Waals surface area contributed by atoms with Crippen molar-refractivity contribution in [2.24, 2.45) is 47.3 Å². The molecular weight excluding hydrogens is 324 g/mol. The SMILES string of the molecule is CCCC(CC(C)C)C(C)CC(CC)C(C)CC1CCCC(CC(C)C)C1. The maximum absolute atomic E-state index is 2.59. The maximum Gasteiger partial charge on any atom is -0.0386 e. The summed E-state index contributed by atoms with van der Waals surface area (Å²) in [5.74, 6) is 7.48. The zero-order valence-corrected chi connectivity index (χ0v) is 20.4. The normalized spacial score (nSPS) is 25.6. The molecule has 1 aliphatic rings. The number of hydrogen-bond donors (Lipinski definition) is 0. The van der Waals surface area contributed by atoms with E-state index in [1.165, 1.54) is 70.6 Å². The van der Waals surface area contributed by atoms with Gasteiger partial charge in [-0.2, -0.15) is 0 Å². The molecule has 0 spiro atoms. The highest BCUT2D eigenvalue weighted by molar-refractivity contribution is 4.79. The fourth-order valence-corrected chi connectivity index (χ4v) is 6.30. The van der Waals surface area contributed by atoms with Crippen molar-refractivity contribution in [2.75, 3.05) is 0 Å². The van der Waals surface area contributed by atoms with E-state index in [1.54, 1.807) is 0 Å². The fraction of sp³-hybridized carbons (Fsp3) is 1.00. The highest BCUT2D eigenvalue weighted by Crippen LogP contribution is 2.40. The second kappa shape index (κ2) is 13.3. The van der Waals surface area contributed by atoms with Crippen molar-refractivity contribution in [3.8, 4) is 0 Å². The Morgan fingerprint density at radius 3 is 1.85 bits per heavy atom. The van der Waals surface area contributed by atoms with Gasteiger partial charge in [0.2, 0.25) is 0 Å². The van der Waals surface area contributed by atoms with Crippen molar-refractivity contribution in [3.05, 3.63) is 0 Å². The summed E-state index contributed by atoms with van der Waals surface area (Å²) in [5.41, 5.74) is 0. The first-order valence-electron chi connectivity index (χ1n) is 12.8. The average Bonchev–Trinajstić information content (AvgIpc) is 2.58. The Kier molecular flexibility index (Phi) is 12.3. The van der Waals surface area contributed by atoms with Crippen molar-refractivity contribution >= 4 is 0 Å². The molecule has 0 saturated heterocycles. The summed E-state index contributed by atoms with van der Waals surface area (Å²) in [7, 11) is 0. The van der Waals surface area contributed by atoms with Crippen LogP contribution in [-0.4, -0.2) is 0 Å². The molecular formula is C27H54. The van der Waals surface area contributed by atoms with E-state index in [0.717, 1.165) is 47.3 Å². The number of hydrogen-bond acceptors (Lipinski definition) is 0. The van der Waals surface area contributed by atoms with Crippen LogP contribution in [0.1, 0.15) is 126 Å². The summed E-state index contributed by atoms with van der Waals surface area (Å²) in [6, 6.07) is 0. The second-order valence-electron chi connectivity index (χ2n) is 11.3. The van der Waals surface area contributed by atoms with Crippen molar-refractivity contribution in [1.82, 2.24) is 0 Å². The van der Waals surface area contributed by atoms with Gasteiger partial charge in [0, 0.05) is 0 Å². The zero-order valence-electron chi connectivity index (χ0n) is 20.4. The van der Waals surface area contributed by atoms with Gasteiger partial charge in [0.05, 0.1) is 0 Å². The molecule has 0 N–H and O–H groups in total. The molecule has 0 aromatic heterocycles. The average molecular weight is 379 g/mol. The standard InChI is InChI=1S/C27H54/c1-9-12-27(16-21(5)6)23(8)18-26(10-2)22(7)17-25-14-11-13-24(19-25)15-20(3)4/h20-27H,9-19H2,1-8H3. The van der Waals surface area contributed by atoms with Gasteiger partial charge >= 0.3 is 0 Å². The molecule has 1 saturated carbocycles. The van der Waals surface area contributed by atoms with Crippen LogP contribution in [0.4, 0.5) is 0 Å². The molecule has 0 amide bonds. The topological polar surface area (TPSA) is 0 Å². The van der Waals surface area contributed by atoms with Gasteiger partial charge in [-0.3, -0.25) is 0 Å². The Bertz CT molecular complexity index is 355. The highest BCUT2D eigenvalue weighted by atomic mass is 14.3. The lowest BCUT2D eigenvalue weighted by Crippen LogP contribution is -2.24. The highest BCUT2D eigenvalue weighted by Gasteiger charge is 2.28. The molecule has 0 bridgehead atoms. The zero-order chi connectivity index (χ0) is 20.4. The van der Waals surface area contributed by atoms with E-state index in [1.807, 2.05) is 0 Å². The first-order chi connectivity index (χ1) is 12.8. The molecule has 1 aliphatic carbocycles. The summed E-state index contributed by atoms with van der Waals surface area (Å²) >= 11 is 0. The van der Waals surface area contributed by atoms with E-state index < -0.39 is 0 Å². The third-order valence-corrected chi connectivity index (χ3v) is 7.64. The van der Waals surface area contributed by atoms with Crippen LogP contribution in [0, 0.1) is 47.3 Å². The van der Waals surface area contributed by atoms with Crippen LogP contribution in [0.2, 0.25) is 0 Å². The molecule has 27 heavy (non-hydrogen) atoms. The lowest BCUT2D eigenvalue weighted by molar-refractivity contribution is 0.158. The van der Waals surface area contributed by atoms with Gasteiger partial charge in [-0.25, -0.2) is 0 Å². The Morgan fingerprint density at radius 2 is 1.33 bits per heavy atom. The molecule has 0 radical (unpaired) electrons. The molecule has 0 aromatic rings. The summed E-state index contributed by atoms with van der Waals surface area (Å²) < 4.78 is 0. The van der Waals surface area contributed by atoms with Gasteiger partial charge in [-0.05, 0) is 79.4 Å². The lowest BCUT2D eigenvalue weighted by atomic mass is 9.70. The largest absolute Gasteiger partial charge is 0.0654 e. The maximum atomic E-state index is 2.59. The van der Waals surface area contributed by atoms with Crippen molar-refractivity contribution < 1.29 is 0 Å². The number of rotatable bonds is 13. The van der Waals surface area contributed by atoms with Crippen molar-refractivity contribution in [1.29, 1.82) is 0 Å². The summed E-state index contributed by atoms with van der Waals surface area (Å²) in [6.07, 6.45) is 16.1. The van der Waals surface area contributed by atoms with Gasteiger partial charge in [-0.1, -0.05) is 93.9 Å². The predicted molar refractivity (Wildman–Crippen MR) is 124 cm³/mol. The van der Waals surface area contributed by atoms with Crippen molar-refractivity contribution in [3.63, 3.8) is 0 Å². The fourth-order valence-electron chi connectivity index (χ4n) is 6.30. The smallest absolute Gasteiger partial charge is 0.0386 e. The minimum Gasteiger partial charge on any atom is -0.0654 e. The lowest BCUT2D eigenvalue weighted by Gasteiger charge is -2.35. The first kappa shape index (κ1) is 25.0. The van der Waals surface area contributed by atoms with E-state index in [9.17, 15) is 0 Å². The molecule has 162 valence electrons. The van der Waals surface area contributed by atoms with Gasteiger partial charge in [0.1, 0.15) is 0 Å². The van der Waals surface area contributed by atoms with Crippen LogP contribution >= 0.6 is 0 Å². The Labute approximate surface area is 173 Å². The molecule has 1 rings (SSSR count). The molecule has 6 atom stereocenters. The molecule has 0 heterocycles. The van der Waals surface area contributed by atoms with Crippen molar-refractivity contribution in [2.45, 2.75) is 126 Å². The van der Waals surface area contributed by atoms with Crippen LogP contribution in [0.15, 0.2) is 0 Å². The van der Waals surface area contributed by atoms with Gasteiger partial charge in [0.15, 0.2) is 0 Å². The minimum absolute atomic E-state index is 0.849. The van der Waals surface area contributed by atoms with Crippen LogP contribution in [-0.2, 0) is 0 Å². The van der Waals surface area contributed by atoms with Gasteiger partial charge in [-0.15, -0.1) is 0 Å². The Morgan fingerprint density at radius 1 is 0.704 bits per heavy atom. The van der Waals surface area contributed by atoms with Crippen LogP contribution in [0.25, 0.3) is 0 Å². The van der Waals surface area contributed by atoms with E-state index in [4.69, 9.17) is 0 Å². The van der Waals surface area contributed by atoms with Crippen LogP contribution in [0.5, 0.6) is 0 Å². The molecule has 0 aliphatic heterocycles. The third-order valence-electron chi connectivity index (χ3n) is 7.64. The van der Waals surface area contributed by atoms with Gasteiger partial charge in [0.25, 0.3) is 0 Å². The molecule has 1 fully saturated rings. The predicted octanol–water partition coefficient (Wildman–Crippen LogP) is 9.38. The van der Waals surface area contributed by atoms with E-state index in [2.05, 4.69) is 55.4 Å². The second-order valence-corrected chi connectivity index (χ2v) is 11.3.